The van der Waals surface area contributed by atoms with E-state index in [9.17, 15) is 4.79 Å². The summed E-state index contributed by atoms with van der Waals surface area (Å²) in [5.74, 6) is 0.220. The number of carbonyl (C=O) groups excluding carboxylic acids is 1. The molecule has 0 atom stereocenters. The monoisotopic (exact) mass is 195 g/mol. The summed E-state index contributed by atoms with van der Waals surface area (Å²) in [5.41, 5.74) is 1.59. The van der Waals surface area contributed by atoms with Crippen LogP contribution in [0.1, 0.15) is 46.0 Å². The number of hydrogen-bond acceptors (Lipinski definition) is 1. The van der Waals surface area contributed by atoms with Crippen molar-refractivity contribution in [1.29, 1.82) is 0 Å². The van der Waals surface area contributed by atoms with Crippen LogP contribution in [0.15, 0.2) is 11.6 Å². The minimum atomic E-state index is 0.220. The molecule has 14 heavy (non-hydrogen) atoms. The van der Waals surface area contributed by atoms with Gasteiger partial charge < -0.3 is 4.90 Å². The molecule has 0 radical (unpaired) electrons. The van der Waals surface area contributed by atoms with Gasteiger partial charge in [0.2, 0.25) is 5.91 Å². The Morgan fingerprint density at radius 1 is 1.50 bits per heavy atom. The second-order valence-electron chi connectivity index (χ2n) is 4.01. The van der Waals surface area contributed by atoms with Crippen LogP contribution in [0.3, 0.4) is 0 Å². The molecular weight excluding hydrogens is 174 g/mol. The molecule has 0 N–H and O–H groups in total. The zero-order valence-electron chi connectivity index (χ0n) is 9.38. The van der Waals surface area contributed by atoms with Crippen molar-refractivity contribution in [2.75, 3.05) is 13.1 Å². The number of amides is 1. The summed E-state index contributed by atoms with van der Waals surface area (Å²) >= 11 is 0. The van der Waals surface area contributed by atoms with E-state index in [1.807, 2.05) is 4.90 Å². The van der Waals surface area contributed by atoms with Gasteiger partial charge in [-0.3, -0.25) is 4.79 Å². The maximum atomic E-state index is 11.2. The van der Waals surface area contributed by atoms with Crippen LogP contribution < -0.4 is 0 Å². The summed E-state index contributed by atoms with van der Waals surface area (Å²) < 4.78 is 0. The number of nitrogens with zero attached hydrogens (tertiary/aromatic N) is 1. The Balaban J connectivity index is 2.45. The lowest BCUT2D eigenvalue weighted by molar-refractivity contribution is -0.128. The Morgan fingerprint density at radius 3 is 2.93 bits per heavy atom. The zero-order valence-corrected chi connectivity index (χ0v) is 9.38. The van der Waals surface area contributed by atoms with Gasteiger partial charge in [-0.15, -0.1) is 0 Å². The van der Waals surface area contributed by atoms with Gasteiger partial charge in [-0.25, -0.2) is 0 Å². The van der Waals surface area contributed by atoms with E-state index in [4.69, 9.17) is 0 Å². The highest BCUT2D eigenvalue weighted by atomic mass is 16.2. The maximum Gasteiger partial charge on any atom is 0.219 e. The molecule has 0 unspecified atom stereocenters. The van der Waals surface area contributed by atoms with Crippen molar-refractivity contribution in [3.63, 3.8) is 0 Å². The second-order valence-corrected chi connectivity index (χ2v) is 4.01. The lowest BCUT2D eigenvalue weighted by Crippen LogP contribution is -2.31. The predicted molar refractivity (Wildman–Crippen MR) is 59.1 cm³/mol. The first kappa shape index (κ1) is 11.3. The van der Waals surface area contributed by atoms with Crippen LogP contribution >= 0.6 is 0 Å². The Bertz CT molecular complexity index is 220. The van der Waals surface area contributed by atoms with E-state index >= 15 is 0 Å². The largest absolute Gasteiger partial charge is 0.343 e. The molecule has 0 aromatic rings. The van der Waals surface area contributed by atoms with Gasteiger partial charge in [0.15, 0.2) is 0 Å². The average Bonchev–Trinajstić information content (AvgIpc) is 2.08. The summed E-state index contributed by atoms with van der Waals surface area (Å²) in [4.78, 5) is 13.1. The fourth-order valence-electron chi connectivity index (χ4n) is 2.00. The topological polar surface area (TPSA) is 20.3 Å². The summed E-state index contributed by atoms with van der Waals surface area (Å²) in [7, 11) is 0. The van der Waals surface area contributed by atoms with Crippen LogP contribution in [0, 0.1) is 0 Å². The molecule has 2 heteroatoms. The van der Waals surface area contributed by atoms with E-state index < -0.39 is 0 Å². The minimum Gasteiger partial charge on any atom is -0.343 e. The molecule has 0 aliphatic carbocycles. The average molecular weight is 195 g/mol. The lowest BCUT2D eigenvalue weighted by atomic mass is 10.0. The van der Waals surface area contributed by atoms with Gasteiger partial charge in [0.25, 0.3) is 0 Å². The van der Waals surface area contributed by atoms with Crippen LogP contribution in [0.25, 0.3) is 0 Å². The molecule has 0 fully saturated rings. The quantitative estimate of drug-likeness (QED) is 0.620. The lowest BCUT2D eigenvalue weighted by Gasteiger charge is -2.23. The molecule has 0 saturated heterocycles. The van der Waals surface area contributed by atoms with Gasteiger partial charge in [0, 0.05) is 20.0 Å². The van der Waals surface area contributed by atoms with Crippen LogP contribution in [-0.4, -0.2) is 23.9 Å². The molecule has 0 aromatic carbocycles. The van der Waals surface area contributed by atoms with Crippen LogP contribution in [0.4, 0.5) is 0 Å². The Morgan fingerprint density at radius 2 is 2.29 bits per heavy atom. The van der Waals surface area contributed by atoms with Gasteiger partial charge in [-0.2, -0.15) is 0 Å². The SMILES string of the molecule is CCC/C1=C\CCN(C(C)=O)CCC1. The van der Waals surface area contributed by atoms with Crippen molar-refractivity contribution < 1.29 is 4.79 Å². The van der Waals surface area contributed by atoms with Crippen LogP contribution in [0.5, 0.6) is 0 Å². The first-order valence-electron chi connectivity index (χ1n) is 5.67. The minimum absolute atomic E-state index is 0.220. The fraction of sp³-hybridized carbons (Fsp3) is 0.750. The molecule has 1 aliphatic heterocycles. The van der Waals surface area contributed by atoms with E-state index in [0.717, 1.165) is 25.9 Å². The molecular formula is C12H21NO. The molecule has 1 amide bonds. The highest BCUT2D eigenvalue weighted by molar-refractivity contribution is 5.73. The van der Waals surface area contributed by atoms with Crippen LogP contribution in [-0.2, 0) is 4.79 Å². The summed E-state index contributed by atoms with van der Waals surface area (Å²) in [5, 5.41) is 0. The van der Waals surface area contributed by atoms with Crippen molar-refractivity contribution in [2.24, 2.45) is 0 Å². The predicted octanol–water partition coefficient (Wildman–Crippen LogP) is 2.75. The number of rotatable bonds is 2. The van der Waals surface area contributed by atoms with E-state index in [-0.39, 0.29) is 5.91 Å². The number of carbonyl (C=O) groups is 1. The normalized spacial score (nSPS) is 22.1. The van der Waals surface area contributed by atoms with Gasteiger partial charge in [0.1, 0.15) is 0 Å². The molecule has 2 nitrogen and oxygen atoms in total. The highest BCUT2D eigenvalue weighted by Gasteiger charge is 2.10. The van der Waals surface area contributed by atoms with E-state index in [1.165, 1.54) is 19.3 Å². The van der Waals surface area contributed by atoms with E-state index in [0.29, 0.717) is 0 Å². The van der Waals surface area contributed by atoms with E-state index in [2.05, 4.69) is 13.0 Å². The van der Waals surface area contributed by atoms with Crippen molar-refractivity contribution in [3.8, 4) is 0 Å². The zero-order chi connectivity index (χ0) is 10.4. The Hall–Kier alpha value is -0.790. The van der Waals surface area contributed by atoms with Crippen LogP contribution in [0.2, 0.25) is 0 Å². The third-order valence-electron chi connectivity index (χ3n) is 2.77. The van der Waals surface area contributed by atoms with Crippen molar-refractivity contribution in [2.45, 2.75) is 46.0 Å². The second kappa shape index (κ2) is 5.84. The first-order chi connectivity index (χ1) is 6.74. The molecule has 1 heterocycles. The molecule has 0 bridgehead atoms. The molecule has 1 rings (SSSR count). The van der Waals surface area contributed by atoms with Gasteiger partial charge in [-0.1, -0.05) is 25.0 Å². The number of hydrogen-bond donors (Lipinski definition) is 0. The molecule has 0 aromatic heterocycles. The third-order valence-corrected chi connectivity index (χ3v) is 2.77. The summed E-state index contributed by atoms with van der Waals surface area (Å²) in [6.07, 6.45) is 8.15. The smallest absolute Gasteiger partial charge is 0.219 e. The van der Waals surface area contributed by atoms with Crippen molar-refractivity contribution in [3.05, 3.63) is 11.6 Å². The summed E-state index contributed by atoms with van der Waals surface area (Å²) in [6.45, 7) is 5.73. The summed E-state index contributed by atoms with van der Waals surface area (Å²) in [6, 6.07) is 0. The van der Waals surface area contributed by atoms with Gasteiger partial charge in [0.05, 0.1) is 0 Å². The van der Waals surface area contributed by atoms with Gasteiger partial charge in [-0.05, 0) is 25.7 Å². The van der Waals surface area contributed by atoms with E-state index in [1.54, 1.807) is 12.5 Å². The molecule has 0 saturated carbocycles. The molecule has 0 spiro atoms. The Kier molecular flexibility index (Phi) is 4.71. The molecule has 1 aliphatic rings. The van der Waals surface area contributed by atoms with Gasteiger partial charge >= 0.3 is 0 Å². The maximum absolute atomic E-state index is 11.2. The fourth-order valence-corrected chi connectivity index (χ4v) is 2.00. The highest BCUT2D eigenvalue weighted by Crippen LogP contribution is 2.16. The first-order valence-corrected chi connectivity index (χ1v) is 5.67. The number of allylic oxidation sites excluding steroid dienone is 1. The standard InChI is InChI=1S/C12H21NO/c1-3-6-12-7-4-9-13(11(2)14)10-5-8-12/h7H,3-6,8-10H2,1-2H3/b12-7+. The van der Waals surface area contributed by atoms with Crippen molar-refractivity contribution in [1.82, 2.24) is 4.90 Å². The molecule has 80 valence electrons. The third kappa shape index (κ3) is 3.52. The van der Waals surface area contributed by atoms with Crippen molar-refractivity contribution >= 4 is 5.91 Å². The Labute approximate surface area is 87.0 Å².